The molecule has 0 unspecified atom stereocenters. The maximum Gasteiger partial charge on any atom is 0.331 e. The van der Waals surface area contributed by atoms with Gasteiger partial charge in [0.05, 0.1) is 6.61 Å². The van der Waals surface area contributed by atoms with Gasteiger partial charge >= 0.3 is 23.9 Å². The molecule has 238 valence electrons. The molecule has 3 rings (SSSR count). The summed E-state index contributed by atoms with van der Waals surface area (Å²) in [6, 6.07) is 5.78. The number of hydrogen-bond donors (Lipinski definition) is 5. The van der Waals surface area contributed by atoms with E-state index in [1.807, 2.05) is 0 Å². The molecule has 16 nitrogen and oxygen atoms in total. The quantitative estimate of drug-likeness (QED) is 0.106. The lowest BCUT2D eigenvalue weighted by atomic mass is 9.98. The Bertz CT molecular complexity index is 1170. The molecule has 0 aliphatic carbocycles. The summed E-state index contributed by atoms with van der Waals surface area (Å²) in [7, 11) is 0. The second kappa shape index (κ2) is 14.7. The fraction of sp³-hybridized carbons (Fsp3) is 0.556. The van der Waals surface area contributed by atoms with Gasteiger partial charge in [-0.05, 0) is 23.8 Å². The van der Waals surface area contributed by atoms with Crippen LogP contribution in [0.1, 0.15) is 26.3 Å². The third-order valence-electron chi connectivity index (χ3n) is 6.39. The Kier molecular flexibility index (Phi) is 11.6. The van der Waals surface area contributed by atoms with E-state index in [0.717, 1.165) is 26.8 Å². The smallest absolute Gasteiger partial charge is 0.331 e. The molecule has 2 aliphatic heterocycles. The number of hydrogen-bond acceptors (Lipinski definition) is 16. The molecule has 1 aromatic rings. The molecule has 0 saturated carbocycles. The Hall–Kier alpha value is -3.64. The SMILES string of the molecule is CC(=O)OC[C@H]1O[C@H](O[C@]2(COC(C)=O)O[C@H](CO)[C@@H](O)[C@@H]2OC(=O)C=Cc2ccc(O)cc2)[C@H](O)[C@@H](O)[C@@H]1OC(C)=O. The third-order valence-corrected chi connectivity index (χ3v) is 6.39. The molecule has 0 spiro atoms. The zero-order valence-corrected chi connectivity index (χ0v) is 23.4. The first-order chi connectivity index (χ1) is 20.3. The van der Waals surface area contributed by atoms with E-state index in [-0.39, 0.29) is 5.75 Å². The summed E-state index contributed by atoms with van der Waals surface area (Å²) in [4.78, 5) is 47.6. The van der Waals surface area contributed by atoms with Crippen LogP contribution in [0.15, 0.2) is 30.3 Å². The van der Waals surface area contributed by atoms with Gasteiger partial charge in [0.25, 0.3) is 0 Å². The van der Waals surface area contributed by atoms with Crippen molar-refractivity contribution in [3.63, 3.8) is 0 Å². The number of ether oxygens (including phenoxy) is 7. The van der Waals surface area contributed by atoms with Gasteiger partial charge in [0.15, 0.2) is 18.5 Å². The van der Waals surface area contributed by atoms with Crippen molar-refractivity contribution in [2.75, 3.05) is 19.8 Å². The van der Waals surface area contributed by atoms with Gasteiger partial charge in [0.1, 0.15) is 49.5 Å². The second-order valence-electron chi connectivity index (χ2n) is 9.72. The van der Waals surface area contributed by atoms with Crippen molar-refractivity contribution in [1.82, 2.24) is 0 Å². The van der Waals surface area contributed by atoms with E-state index in [1.54, 1.807) is 0 Å². The molecular weight excluding hydrogens is 580 g/mol. The Balaban J connectivity index is 1.93. The maximum absolute atomic E-state index is 12.8. The molecule has 2 fully saturated rings. The number of aliphatic hydroxyl groups excluding tert-OH is 4. The first kappa shape index (κ1) is 33.9. The van der Waals surface area contributed by atoms with Gasteiger partial charge in [-0.3, -0.25) is 14.4 Å². The molecule has 1 aromatic carbocycles. The zero-order chi connectivity index (χ0) is 31.9. The van der Waals surface area contributed by atoms with E-state index < -0.39 is 98.5 Å². The van der Waals surface area contributed by atoms with Crippen LogP contribution in [0.25, 0.3) is 6.08 Å². The summed E-state index contributed by atoms with van der Waals surface area (Å²) < 4.78 is 37.7. The third kappa shape index (κ3) is 8.70. The Morgan fingerprint density at radius 3 is 2.12 bits per heavy atom. The van der Waals surface area contributed by atoms with Gasteiger partial charge in [-0.2, -0.15) is 0 Å². The standard InChI is InChI=1S/C27H34O16/c1-13(29)37-11-19-24(39-15(3)31)22(35)23(36)26(40-19)43-27(12-38-14(2)30)25(21(34)18(10-28)42-27)41-20(33)9-6-16-4-7-17(32)8-5-16/h4-9,18-19,21-26,28,32,34-36H,10-12H2,1-3H3/t18-,19-,21-,22-,23-,24-,25+,26-,27+/m1/s1. The van der Waals surface area contributed by atoms with Gasteiger partial charge in [0.2, 0.25) is 5.79 Å². The number of aliphatic hydroxyl groups is 4. The highest BCUT2D eigenvalue weighted by Crippen LogP contribution is 2.39. The zero-order valence-electron chi connectivity index (χ0n) is 23.4. The fourth-order valence-corrected chi connectivity index (χ4v) is 4.38. The molecule has 9 atom stereocenters. The Morgan fingerprint density at radius 2 is 1.53 bits per heavy atom. The van der Waals surface area contributed by atoms with E-state index in [1.165, 1.54) is 30.3 Å². The van der Waals surface area contributed by atoms with Crippen molar-refractivity contribution in [1.29, 1.82) is 0 Å². The summed E-state index contributed by atoms with van der Waals surface area (Å²) in [5.74, 6) is -5.90. The second-order valence-corrected chi connectivity index (χ2v) is 9.72. The van der Waals surface area contributed by atoms with Crippen LogP contribution in [0.2, 0.25) is 0 Å². The average molecular weight is 615 g/mol. The lowest BCUT2D eigenvalue weighted by molar-refractivity contribution is -0.383. The van der Waals surface area contributed by atoms with Gasteiger partial charge in [-0.1, -0.05) is 12.1 Å². The van der Waals surface area contributed by atoms with Crippen LogP contribution in [0.4, 0.5) is 0 Å². The predicted molar refractivity (Wildman–Crippen MR) is 138 cm³/mol. The highest BCUT2D eigenvalue weighted by molar-refractivity contribution is 5.87. The van der Waals surface area contributed by atoms with Crippen molar-refractivity contribution < 1.29 is 77.9 Å². The van der Waals surface area contributed by atoms with Crippen molar-refractivity contribution in [3.05, 3.63) is 35.9 Å². The van der Waals surface area contributed by atoms with E-state index in [2.05, 4.69) is 0 Å². The fourth-order valence-electron chi connectivity index (χ4n) is 4.38. The molecule has 2 saturated heterocycles. The number of esters is 4. The van der Waals surface area contributed by atoms with Crippen LogP contribution in [0, 0.1) is 0 Å². The van der Waals surface area contributed by atoms with E-state index >= 15 is 0 Å². The van der Waals surface area contributed by atoms with Crippen LogP contribution >= 0.6 is 0 Å². The first-order valence-corrected chi connectivity index (χ1v) is 13.0. The molecule has 0 bridgehead atoms. The average Bonchev–Trinajstić information content (AvgIpc) is 3.20. The van der Waals surface area contributed by atoms with Crippen LogP contribution in [-0.4, -0.2) is 124 Å². The summed E-state index contributed by atoms with van der Waals surface area (Å²) >= 11 is 0. The molecule has 5 N–H and O–H groups in total. The summed E-state index contributed by atoms with van der Waals surface area (Å²) in [5, 5.41) is 51.8. The van der Waals surface area contributed by atoms with Crippen molar-refractivity contribution in [3.8, 4) is 5.75 Å². The number of rotatable bonds is 11. The van der Waals surface area contributed by atoms with Crippen molar-refractivity contribution >= 4 is 30.0 Å². The topological polar surface area (TPSA) is 234 Å². The predicted octanol–water partition coefficient (Wildman–Crippen LogP) is -1.71. The number of benzene rings is 1. The summed E-state index contributed by atoms with van der Waals surface area (Å²) in [6.45, 7) is 0.936. The molecular formula is C27H34O16. The molecule has 0 amide bonds. The maximum atomic E-state index is 12.8. The Labute approximate surface area is 245 Å². The monoisotopic (exact) mass is 614 g/mol. The van der Waals surface area contributed by atoms with E-state index in [9.17, 15) is 44.7 Å². The van der Waals surface area contributed by atoms with Crippen LogP contribution in [-0.2, 0) is 52.3 Å². The normalized spacial score (nSPS) is 32.3. The number of aromatic hydroxyl groups is 1. The number of carbonyl (C=O) groups is 4. The highest BCUT2D eigenvalue weighted by atomic mass is 16.8. The minimum absolute atomic E-state index is 0.0000819. The van der Waals surface area contributed by atoms with Crippen LogP contribution in [0.5, 0.6) is 5.75 Å². The number of phenols is 1. The van der Waals surface area contributed by atoms with Crippen LogP contribution in [0.3, 0.4) is 0 Å². The molecule has 16 heteroatoms. The molecule has 2 heterocycles. The minimum Gasteiger partial charge on any atom is -0.508 e. The lowest BCUT2D eigenvalue weighted by Gasteiger charge is -2.44. The molecule has 0 aromatic heterocycles. The summed E-state index contributed by atoms with van der Waals surface area (Å²) in [5.41, 5.74) is 0.502. The molecule has 2 aliphatic rings. The minimum atomic E-state index is -2.42. The van der Waals surface area contributed by atoms with Crippen molar-refractivity contribution in [2.24, 2.45) is 0 Å². The summed E-state index contributed by atoms with van der Waals surface area (Å²) in [6.07, 6.45) is -11.4. The van der Waals surface area contributed by atoms with Gasteiger partial charge < -0.3 is 58.7 Å². The number of carbonyl (C=O) groups excluding carboxylic acids is 4. The van der Waals surface area contributed by atoms with E-state index in [4.69, 9.17) is 33.2 Å². The van der Waals surface area contributed by atoms with Gasteiger partial charge in [0, 0.05) is 26.8 Å². The number of phenolic OH excluding ortho intramolecular Hbond substituents is 1. The van der Waals surface area contributed by atoms with Gasteiger partial charge in [-0.25, -0.2) is 4.79 Å². The Morgan fingerprint density at radius 1 is 0.884 bits per heavy atom. The molecule has 43 heavy (non-hydrogen) atoms. The lowest BCUT2D eigenvalue weighted by Crippen LogP contribution is -2.64. The van der Waals surface area contributed by atoms with Crippen molar-refractivity contribution in [2.45, 2.75) is 75.6 Å². The molecule has 0 radical (unpaired) electrons. The largest absolute Gasteiger partial charge is 0.508 e. The first-order valence-electron chi connectivity index (χ1n) is 13.0. The van der Waals surface area contributed by atoms with Crippen LogP contribution < -0.4 is 0 Å². The van der Waals surface area contributed by atoms with Gasteiger partial charge in [-0.15, -0.1) is 0 Å². The highest BCUT2D eigenvalue weighted by Gasteiger charge is 2.62. The van der Waals surface area contributed by atoms with E-state index in [0.29, 0.717) is 5.56 Å².